The zero-order chi connectivity index (χ0) is 30.1. The van der Waals surface area contributed by atoms with E-state index in [-0.39, 0.29) is 7.87 Å². The zero-order valence-corrected chi connectivity index (χ0v) is 29.2. The molecule has 0 bridgehead atoms. The van der Waals surface area contributed by atoms with Gasteiger partial charge in [-0.15, -0.1) is 0 Å². The quantitative estimate of drug-likeness (QED) is 0.145. The van der Waals surface area contributed by atoms with Crippen molar-refractivity contribution in [1.82, 2.24) is 0 Å². The fourth-order valence-electron chi connectivity index (χ4n) is 6.77. The maximum absolute atomic E-state index is 6.65. The first-order valence-corrected chi connectivity index (χ1v) is 27.6. The summed E-state index contributed by atoms with van der Waals surface area (Å²) in [6.07, 6.45) is 0. The molecular weight excluding hydrogens is 695 g/mol. The van der Waals surface area contributed by atoms with Crippen LogP contribution in [0.4, 0.5) is 0 Å². The van der Waals surface area contributed by atoms with Crippen molar-refractivity contribution >= 4 is 33.5 Å². The van der Waals surface area contributed by atoms with Gasteiger partial charge in [0.25, 0.3) is 0 Å². The molecule has 2 aliphatic rings. The average molecular weight is 728 g/mol. The van der Waals surface area contributed by atoms with Gasteiger partial charge >= 0.3 is 276 Å². The summed E-state index contributed by atoms with van der Waals surface area (Å²) in [6, 6.07) is 57.1. The summed E-state index contributed by atoms with van der Waals surface area (Å²) in [5.74, 6) is 5.85. The molecule has 6 aromatic carbocycles. The van der Waals surface area contributed by atoms with Crippen LogP contribution in [0.1, 0.15) is 41.2 Å². The van der Waals surface area contributed by atoms with Gasteiger partial charge in [0, 0.05) is 0 Å². The number of hydrogen-bond acceptors (Lipinski definition) is 4. The molecule has 0 aromatic heterocycles. The monoisotopic (exact) mass is 728 g/mol. The third-order valence-corrected chi connectivity index (χ3v) is 40.0. The summed E-state index contributed by atoms with van der Waals surface area (Å²) in [4.78, 5) is 0. The predicted octanol–water partition coefficient (Wildman–Crippen LogP) is 11.2. The van der Waals surface area contributed by atoms with Crippen molar-refractivity contribution in [2.45, 2.75) is 19.4 Å². The first kappa shape index (κ1) is 28.9. The van der Waals surface area contributed by atoms with Crippen LogP contribution in [0, 0.1) is 0 Å². The van der Waals surface area contributed by atoms with Crippen LogP contribution in [-0.2, 0) is 11.5 Å². The van der Waals surface area contributed by atoms with Gasteiger partial charge in [-0.05, 0) is 0 Å². The molecule has 0 atom stereocenters. The molecule has 5 heteroatoms. The molecule has 0 unspecified atom stereocenters. The summed E-state index contributed by atoms with van der Waals surface area (Å²) in [7, 11) is 4.54. The molecule has 2 aliphatic heterocycles. The minimum atomic E-state index is -3.86. The normalized spacial score (nSPS) is 13.9. The second-order valence-electron chi connectivity index (χ2n) is 11.5. The second-order valence-corrected chi connectivity index (χ2v) is 35.8. The molecule has 2 heterocycles. The van der Waals surface area contributed by atoms with Crippen LogP contribution >= 0.6 is 17.9 Å². The Morgan fingerprint density at radius 2 is 0.667 bits per heavy atom. The number of rotatable bonds is 8. The molecule has 0 N–H and O–H groups in total. The number of para-hydroxylation sites is 4. The van der Waals surface area contributed by atoms with Gasteiger partial charge in [0.05, 0.1) is 0 Å². The third-order valence-electron chi connectivity index (χ3n) is 8.78. The Bertz CT molecular complexity index is 1710. The summed E-state index contributed by atoms with van der Waals surface area (Å²) < 4.78 is 13.7. The molecule has 0 saturated heterocycles. The molecule has 0 radical (unpaired) electrons. The van der Waals surface area contributed by atoms with Crippen molar-refractivity contribution in [3.05, 3.63) is 191 Å². The van der Waals surface area contributed by atoms with E-state index in [0.717, 1.165) is 34.5 Å². The SMILES string of the molecule is c1ccc(C[S][Sn]([S]Cc2ccccc2)([CH]2c3ccccc3Oc3ccccc32)[CH]2c3ccccc3Oc3ccccc32)cc1. The van der Waals surface area contributed by atoms with E-state index in [9.17, 15) is 0 Å². The van der Waals surface area contributed by atoms with Crippen LogP contribution < -0.4 is 9.47 Å². The van der Waals surface area contributed by atoms with Gasteiger partial charge in [-0.1, -0.05) is 0 Å². The first-order valence-electron chi connectivity index (χ1n) is 15.4. The van der Waals surface area contributed by atoms with E-state index in [2.05, 4.69) is 176 Å². The fraction of sp³-hybridized carbons (Fsp3) is 0.100. The van der Waals surface area contributed by atoms with Crippen molar-refractivity contribution in [3.8, 4) is 23.0 Å². The Morgan fingerprint density at radius 1 is 0.378 bits per heavy atom. The maximum atomic E-state index is 6.65. The number of ether oxygens (including phenoxy) is 2. The molecule has 0 spiro atoms. The minimum absolute atomic E-state index is 0.229. The predicted molar refractivity (Wildman–Crippen MR) is 191 cm³/mol. The summed E-state index contributed by atoms with van der Waals surface area (Å²) in [6.45, 7) is 0. The molecule has 0 saturated carbocycles. The van der Waals surface area contributed by atoms with E-state index in [0.29, 0.717) is 0 Å². The Balaban J connectivity index is 1.42. The van der Waals surface area contributed by atoms with Crippen LogP contribution in [0.15, 0.2) is 158 Å². The topological polar surface area (TPSA) is 18.5 Å². The van der Waals surface area contributed by atoms with E-state index in [1.165, 1.54) is 33.4 Å². The van der Waals surface area contributed by atoms with E-state index in [4.69, 9.17) is 9.47 Å². The standard InChI is InChI=1S/2C13H9O.2C7H8S.Sn/c2*1-3-7-12-10(5-1)9-11-6-2-4-8-13(11)14-12;2*8-6-7-4-2-1-3-5-7;/h2*1-9H;2*1-5,8H,6H2;/q;;;;+2/p-2. The number of hydrogen-bond donors (Lipinski definition) is 0. The van der Waals surface area contributed by atoms with Crippen LogP contribution in [-0.4, -0.2) is 15.6 Å². The van der Waals surface area contributed by atoms with Crippen LogP contribution in [0.25, 0.3) is 0 Å². The molecule has 6 aromatic rings. The van der Waals surface area contributed by atoms with Gasteiger partial charge in [0.1, 0.15) is 0 Å². The molecular formula is C40H32O2S2Sn. The number of fused-ring (bicyclic) bond motifs is 4. The molecule has 220 valence electrons. The van der Waals surface area contributed by atoms with E-state index >= 15 is 0 Å². The van der Waals surface area contributed by atoms with E-state index in [1.54, 1.807) is 0 Å². The second kappa shape index (κ2) is 12.7. The number of benzene rings is 6. The third kappa shape index (κ3) is 5.47. The van der Waals surface area contributed by atoms with Crippen molar-refractivity contribution in [2.75, 3.05) is 0 Å². The molecule has 0 fully saturated rings. The van der Waals surface area contributed by atoms with E-state index in [1.807, 2.05) is 0 Å². The van der Waals surface area contributed by atoms with Gasteiger partial charge in [0.2, 0.25) is 0 Å². The van der Waals surface area contributed by atoms with Crippen LogP contribution in [0.5, 0.6) is 23.0 Å². The van der Waals surface area contributed by atoms with Gasteiger partial charge in [-0.25, -0.2) is 0 Å². The van der Waals surface area contributed by atoms with E-state index < -0.39 is 15.6 Å². The van der Waals surface area contributed by atoms with Crippen molar-refractivity contribution < 1.29 is 9.47 Å². The Labute approximate surface area is 274 Å². The van der Waals surface area contributed by atoms with Crippen molar-refractivity contribution in [2.24, 2.45) is 0 Å². The molecule has 0 amide bonds. The van der Waals surface area contributed by atoms with Crippen molar-refractivity contribution in [1.29, 1.82) is 0 Å². The summed E-state index contributed by atoms with van der Waals surface area (Å²) >= 11 is -3.86. The van der Waals surface area contributed by atoms with Crippen LogP contribution in [0.3, 0.4) is 0 Å². The molecule has 45 heavy (non-hydrogen) atoms. The molecule has 8 rings (SSSR count). The van der Waals surface area contributed by atoms with Gasteiger partial charge in [0.15, 0.2) is 0 Å². The zero-order valence-electron chi connectivity index (χ0n) is 24.7. The van der Waals surface area contributed by atoms with Crippen LogP contribution in [0.2, 0.25) is 0 Å². The van der Waals surface area contributed by atoms with Crippen molar-refractivity contribution in [3.63, 3.8) is 0 Å². The Hall–Kier alpha value is -3.58. The fourth-order valence-corrected chi connectivity index (χ4v) is 41.3. The van der Waals surface area contributed by atoms with Gasteiger partial charge < -0.3 is 0 Å². The van der Waals surface area contributed by atoms with Gasteiger partial charge in [-0.3, -0.25) is 0 Å². The Kier molecular flexibility index (Phi) is 8.12. The Morgan fingerprint density at radius 3 is 1.00 bits per heavy atom. The molecule has 2 nitrogen and oxygen atoms in total. The molecule has 0 aliphatic carbocycles. The summed E-state index contributed by atoms with van der Waals surface area (Å²) in [5.41, 5.74) is 7.99. The average Bonchev–Trinajstić information content (AvgIpc) is 3.11. The first-order chi connectivity index (χ1) is 22.3. The summed E-state index contributed by atoms with van der Waals surface area (Å²) in [5, 5.41) is 0. The van der Waals surface area contributed by atoms with Gasteiger partial charge in [-0.2, -0.15) is 0 Å².